The number of nitrogens with one attached hydrogen (secondary N) is 1. The Labute approximate surface area is 117 Å². The fourth-order valence-electron chi connectivity index (χ4n) is 2.75. The molecule has 1 aliphatic rings. The number of fused-ring (bicyclic) bond motifs is 1. The molecule has 0 unspecified atom stereocenters. The summed E-state index contributed by atoms with van der Waals surface area (Å²) in [6, 6.07) is 3.41. The smallest absolute Gasteiger partial charge is 0.258 e. The monoisotopic (exact) mass is 273 g/mol. The minimum atomic E-state index is -0.178. The summed E-state index contributed by atoms with van der Waals surface area (Å²) in [7, 11) is 0. The third kappa shape index (κ3) is 2.61. The molecule has 0 amide bonds. The molecule has 106 valence electrons. The van der Waals surface area contributed by atoms with Crippen LogP contribution in [0.1, 0.15) is 38.5 Å². The first-order chi connectivity index (χ1) is 9.74. The summed E-state index contributed by atoms with van der Waals surface area (Å²) < 4.78 is 6.04. The van der Waals surface area contributed by atoms with E-state index in [1.807, 2.05) is 0 Å². The highest BCUT2D eigenvalue weighted by molar-refractivity contribution is 5.84. The Balaban J connectivity index is 1.91. The maximum absolute atomic E-state index is 11.7. The number of ether oxygens (including phenoxy) is 1. The van der Waals surface area contributed by atoms with Gasteiger partial charge in [0.05, 0.1) is 29.0 Å². The van der Waals surface area contributed by atoms with Crippen molar-refractivity contribution in [2.75, 3.05) is 5.73 Å². The van der Waals surface area contributed by atoms with E-state index in [0.717, 1.165) is 12.8 Å². The largest absolute Gasteiger partial charge is 0.488 e. The van der Waals surface area contributed by atoms with E-state index >= 15 is 0 Å². The number of H-pyrrole nitrogens is 1. The minimum Gasteiger partial charge on any atom is -0.488 e. The fraction of sp³-hybridized carbons (Fsp3) is 0.467. The van der Waals surface area contributed by atoms with Crippen LogP contribution < -0.4 is 16.0 Å². The van der Waals surface area contributed by atoms with Crippen molar-refractivity contribution >= 4 is 16.6 Å². The lowest BCUT2D eigenvalue weighted by Gasteiger charge is -2.18. The van der Waals surface area contributed by atoms with E-state index in [-0.39, 0.29) is 11.7 Å². The van der Waals surface area contributed by atoms with Crippen molar-refractivity contribution in [2.24, 2.45) is 0 Å². The van der Waals surface area contributed by atoms with Crippen molar-refractivity contribution in [2.45, 2.75) is 44.6 Å². The van der Waals surface area contributed by atoms with Gasteiger partial charge in [-0.15, -0.1) is 0 Å². The first kappa shape index (κ1) is 13.0. The molecule has 20 heavy (non-hydrogen) atoms. The van der Waals surface area contributed by atoms with Crippen LogP contribution in [0.3, 0.4) is 0 Å². The minimum absolute atomic E-state index is 0.178. The fourth-order valence-corrected chi connectivity index (χ4v) is 2.75. The Morgan fingerprint density at radius 2 is 1.95 bits per heavy atom. The van der Waals surface area contributed by atoms with Gasteiger partial charge in [-0.05, 0) is 31.7 Å². The SMILES string of the molecule is Nc1cc2c(=O)[nH]cnc2cc1OC1CCCCCC1. The summed E-state index contributed by atoms with van der Waals surface area (Å²) in [4.78, 5) is 18.4. The first-order valence-electron chi connectivity index (χ1n) is 7.17. The van der Waals surface area contributed by atoms with Gasteiger partial charge in [-0.2, -0.15) is 0 Å². The van der Waals surface area contributed by atoms with E-state index in [1.165, 1.54) is 32.0 Å². The van der Waals surface area contributed by atoms with E-state index in [1.54, 1.807) is 12.1 Å². The number of aromatic nitrogens is 2. The maximum Gasteiger partial charge on any atom is 0.258 e. The average Bonchev–Trinajstić information content (AvgIpc) is 2.70. The Hall–Kier alpha value is -2.04. The van der Waals surface area contributed by atoms with Crippen LogP contribution in [-0.4, -0.2) is 16.1 Å². The number of rotatable bonds is 2. The van der Waals surface area contributed by atoms with Crippen molar-refractivity contribution in [1.29, 1.82) is 0 Å². The molecule has 1 saturated carbocycles. The molecule has 1 fully saturated rings. The van der Waals surface area contributed by atoms with E-state index in [9.17, 15) is 4.79 Å². The molecule has 0 spiro atoms. The van der Waals surface area contributed by atoms with Crippen LogP contribution in [0, 0.1) is 0 Å². The summed E-state index contributed by atoms with van der Waals surface area (Å²) >= 11 is 0. The van der Waals surface area contributed by atoms with Crippen LogP contribution >= 0.6 is 0 Å². The molecule has 1 heterocycles. The second-order valence-corrected chi connectivity index (χ2v) is 5.37. The molecule has 3 N–H and O–H groups in total. The summed E-state index contributed by atoms with van der Waals surface area (Å²) in [5, 5.41) is 0.498. The second-order valence-electron chi connectivity index (χ2n) is 5.37. The summed E-state index contributed by atoms with van der Waals surface area (Å²) in [6.07, 6.45) is 8.73. The van der Waals surface area contributed by atoms with Crippen LogP contribution in [0.5, 0.6) is 5.75 Å². The van der Waals surface area contributed by atoms with Gasteiger partial charge in [0, 0.05) is 6.07 Å². The second kappa shape index (κ2) is 5.53. The van der Waals surface area contributed by atoms with Crippen LogP contribution in [0.25, 0.3) is 10.9 Å². The van der Waals surface area contributed by atoms with Crippen molar-refractivity contribution in [1.82, 2.24) is 9.97 Å². The zero-order chi connectivity index (χ0) is 13.9. The molecule has 5 heteroatoms. The number of benzene rings is 1. The Kier molecular flexibility index (Phi) is 3.58. The first-order valence-corrected chi connectivity index (χ1v) is 7.17. The number of aromatic amines is 1. The standard InChI is InChI=1S/C15H19N3O2/c16-12-7-11-13(17-9-18-15(11)19)8-14(12)20-10-5-3-1-2-4-6-10/h7-10H,1-6,16H2,(H,17,18,19). The molecule has 0 saturated heterocycles. The normalized spacial score (nSPS) is 17.0. The number of nitrogen functional groups attached to an aromatic ring is 1. The molecule has 5 nitrogen and oxygen atoms in total. The Morgan fingerprint density at radius 3 is 2.70 bits per heavy atom. The molecule has 3 rings (SSSR count). The number of nitrogens with zero attached hydrogens (tertiary/aromatic N) is 1. The summed E-state index contributed by atoms with van der Waals surface area (Å²) in [6.45, 7) is 0. The summed E-state index contributed by atoms with van der Waals surface area (Å²) in [5.41, 5.74) is 6.95. The third-order valence-electron chi connectivity index (χ3n) is 3.87. The lowest BCUT2D eigenvalue weighted by molar-refractivity contribution is 0.185. The molecule has 0 atom stereocenters. The maximum atomic E-state index is 11.7. The lowest BCUT2D eigenvalue weighted by atomic mass is 10.1. The van der Waals surface area contributed by atoms with Crippen LogP contribution in [-0.2, 0) is 0 Å². The Morgan fingerprint density at radius 1 is 1.20 bits per heavy atom. The number of hydrogen-bond acceptors (Lipinski definition) is 4. The van der Waals surface area contributed by atoms with Gasteiger partial charge >= 0.3 is 0 Å². The third-order valence-corrected chi connectivity index (χ3v) is 3.87. The van der Waals surface area contributed by atoms with Crippen molar-refractivity contribution in [3.8, 4) is 5.75 Å². The van der Waals surface area contributed by atoms with Crippen LogP contribution in [0.4, 0.5) is 5.69 Å². The highest BCUT2D eigenvalue weighted by Crippen LogP contribution is 2.29. The van der Waals surface area contributed by atoms with E-state index < -0.39 is 0 Å². The summed E-state index contributed by atoms with van der Waals surface area (Å²) in [5.74, 6) is 0.641. The Bertz CT molecular complexity index is 658. The van der Waals surface area contributed by atoms with Crippen molar-refractivity contribution in [3.63, 3.8) is 0 Å². The van der Waals surface area contributed by atoms with Crippen LogP contribution in [0.2, 0.25) is 0 Å². The highest BCUT2D eigenvalue weighted by atomic mass is 16.5. The van der Waals surface area contributed by atoms with Gasteiger partial charge in [-0.25, -0.2) is 4.98 Å². The van der Waals surface area contributed by atoms with Gasteiger partial charge in [-0.3, -0.25) is 4.79 Å². The number of anilines is 1. The van der Waals surface area contributed by atoms with E-state index in [2.05, 4.69) is 9.97 Å². The van der Waals surface area contributed by atoms with Gasteiger partial charge in [0.1, 0.15) is 5.75 Å². The van der Waals surface area contributed by atoms with E-state index in [0.29, 0.717) is 22.3 Å². The van der Waals surface area contributed by atoms with E-state index in [4.69, 9.17) is 10.5 Å². The quantitative estimate of drug-likeness (QED) is 0.651. The number of nitrogens with two attached hydrogens (primary N) is 1. The molecule has 1 aliphatic carbocycles. The molecular weight excluding hydrogens is 254 g/mol. The molecule has 0 bridgehead atoms. The van der Waals surface area contributed by atoms with Crippen molar-refractivity contribution in [3.05, 3.63) is 28.8 Å². The van der Waals surface area contributed by atoms with Crippen LogP contribution in [0.15, 0.2) is 23.3 Å². The highest BCUT2D eigenvalue weighted by Gasteiger charge is 2.16. The van der Waals surface area contributed by atoms with Gasteiger partial charge < -0.3 is 15.5 Å². The van der Waals surface area contributed by atoms with Crippen molar-refractivity contribution < 1.29 is 4.74 Å². The predicted octanol–water partition coefficient (Wildman–Crippen LogP) is 2.61. The number of hydrogen-bond donors (Lipinski definition) is 2. The predicted molar refractivity (Wildman–Crippen MR) is 78.9 cm³/mol. The molecule has 1 aromatic heterocycles. The van der Waals surface area contributed by atoms with Gasteiger partial charge in [0.25, 0.3) is 5.56 Å². The zero-order valence-corrected chi connectivity index (χ0v) is 11.4. The van der Waals surface area contributed by atoms with Gasteiger partial charge in [0.2, 0.25) is 0 Å². The average molecular weight is 273 g/mol. The van der Waals surface area contributed by atoms with Gasteiger partial charge in [-0.1, -0.05) is 12.8 Å². The molecular formula is C15H19N3O2. The lowest BCUT2D eigenvalue weighted by Crippen LogP contribution is -2.16. The van der Waals surface area contributed by atoms with Gasteiger partial charge in [0.15, 0.2) is 0 Å². The molecule has 2 aromatic rings. The molecule has 1 aromatic carbocycles. The molecule has 0 radical (unpaired) electrons. The molecule has 0 aliphatic heterocycles. The zero-order valence-electron chi connectivity index (χ0n) is 11.4. The topological polar surface area (TPSA) is 81.0 Å².